The summed E-state index contributed by atoms with van der Waals surface area (Å²) in [6, 6.07) is -0.879. The molecule has 9 nitrogen and oxygen atoms in total. The van der Waals surface area contributed by atoms with Gasteiger partial charge in [-0.2, -0.15) is 0 Å². The van der Waals surface area contributed by atoms with Crippen LogP contribution >= 0.6 is 7.82 Å². The van der Waals surface area contributed by atoms with Crippen molar-refractivity contribution < 1.29 is 37.3 Å². The molecule has 0 fully saturated rings. The Hall–Kier alpha value is -3.59. The highest BCUT2D eigenvalue weighted by molar-refractivity contribution is 7.47. The normalized spacial score (nSPS) is 14.6. The second-order valence-corrected chi connectivity index (χ2v) is 22.4. The number of esters is 1. The lowest BCUT2D eigenvalue weighted by molar-refractivity contribution is -0.870. The Kier molecular flexibility index (Phi) is 51.2. The van der Waals surface area contributed by atoms with Crippen LogP contribution in [0.4, 0.5) is 0 Å². The Morgan fingerprint density at radius 3 is 1.44 bits per heavy atom. The Bertz CT molecular complexity index is 1700. The number of phosphoric acid groups is 1. The van der Waals surface area contributed by atoms with E-state index in [1.165, 1.54) is 96.3 Å². The average Bonchev–Trinajstić information content (AvgIpc) is 3.37. The summed E-state index contributed by atoms with van der Waals surface area (Å²) in [5.41, 5.74) is 0. The van der Waals surface area contributed by atoms with Crippen molar-refractivity contribution in [3.63, 3.8) is 0 Å². The molecule has 0 aliphatic rings. The standard InChI is InChI=1S/C65H111N2O7P/c1-7-10-13-16-19-22-25-27-29-31-32-33-34-36-37-39-42-45-48-51-54-57-64(68)66-62(61-73-75(70,71)72-60-59-67(4,5)6)63(56-53-50-47-44-41-24-21-18-15-12-9-3)74-65(69)58-55-52-49-46-43-40-38-35-30-28-26-23-20-17-14-11-8-2/h11,14,17,19-20,22-23,26-30,32-33,35,38,40,43,53,56,62-63H,7-10,12-13,15-16,18,21,24-25,31,34,36-37,39,41-42,44-52,54-55,57-61H2,1-6H3,(H-,66,68,70,71)/p+1/b14-11-,20-17+,22-19-,26-23+,29-27-,30-28-,33-32-,38-35+,43-40+,56-53-. The van der Waals surface area contributed by atoms with E-state index in [4.69, 9.17) is 13.8 Å². The molecular weight excluding hydrogens is 952 g/mol. The van der Waals surface area contributed by atoms with E-state index in [9.17, 15) is 19.0 Å². The number of unbranched alkanes of at least 4 members (excludes halogenated alkanes) is 23. The molecule has 2 N–H and O–H groups in total. The number of nitrogens with one attached hydrogen (secondary N) is 1. The molecule has 75 heavy (non-hydrogen) atoms. The van der Waals surface area contributed by atoms with E-state index in [1.807, 2.05) is 94.1 Å². The van der Waals surface area contributed by atoms with E-state index in [1.54, 1.807) is 0 Å². The number of nitrogens with zero attached hydrogens (tertiary/aromatic N) is 1. The first kappa shape index (κ1) is 71.4. The van der Waals surface area contributed by atoms with Gasteiger partial charge in [-0.25, -0.2) is 4.57 Å². The van der Waals surface area contributed by atoms with Crippen molar-refractivity contribution >= 4 is 19.7 Å². The summed E-state index contributed by atoms with van der Waals surface area (Å²) in [6.45, 7) is 6.78. The molecule has 3 unspecified atom stereocenters. The number of ether oxygens (including phenoxy) is 1. The molecule has 428 valence electrons. The number of likely N-dealkylation sites (N-methyl/N-ethyl adjacent to an activating group) is 1. The number of hydrogen-bond acceptors (Lipinski definition) is 6. The van der Waals surface area contributed by atoms with Gasteiger partial charge < -0.3 is 19.4 Å². The van der Waals surface area contributed by atoms with Crippen LogP contribution in [0.3, 0.4) is 0 Å². The highest BCUT2D eigenvalue weighted by Gasteiger charge is 2.30. The number of allylic oxidation sites excluding steroid dienone is 19. The van der Waals surface area contributed by atoms with Crippen LogP contribution in [-0.4, -0.2) is 74.3 Å². The lowest BCUT2D eigenvalue weighted by Crippen LogP contribution is -2.47. The van der Waals surface area contributed by atoms with E-state index in [2.05, 4.69) is 74.7 Å². The van der Waals surface area contributed by atoms with E-state index in [-0.39, 0.29) is 31.5 Å². The highest BCUT2D eigenvalue weighted by Crippen LogP contribution is 2.43. The van der Waals surface area contributed by atoms with Gasteiger partial charge in [-0.15, -0.1) is 0 Å². The first-order valence-electron chi connectivity index (χ1n) is 29.9. The van der Waals surface area contributed by atoms with Gasteiger partial charge in [0.1, 0.15) is 19.3 Å². The van der Waals surface area contributed by atoms with Crippen LogP contribution < -0.4 is 5.32 Å². The van der Waals surface area contributed by atoms with Crippen molar-refractivity contribution in [1.82, 2.24) is 5.32 Å². The molecule has 0 aromatic rings. The smallest absolute Gasteiger partial charge is 0.456 e. The minimum atomic E-state index is -4.47. The Balaban J connectivity index is 5.35. The van der Waals surface area contributed by atoms with Gasteiger partial charge in [0.05, 0.1) is 33.8 Å². The van der Waals surface area contributed by atoms with Gasteiger partial charge in [-0.1, -0.05) is 245 Å². The molecule has 10 heteroatoms. The summed E-state index contributed by atoms with van der Waals surface area (Å²) in [5, 5.41) is 3.03. The van der Waals surface area contributed by atoms with Crippen LogP contribution in [0.2, 0.25) is 0 Å². The van der Waals surface area contributed by atoms with Crippen LogP contribution in [0.5, 0.6) is 0 Å². The fourth-order valence-corrected chi connectivity index (χ4v) is 8.65. The Morgan fingerprint density at radius 2 is 0.907 bits per heavy atom. The molecule has 1 amide bonds. The molecule has 0 aliphatic heterocycles. The molecular formula is C65H112N2O7P+. The van der Waals surface area contributed by atoms with E-state index >= 15 is 0 Å². The predicted molar refractivity (Wildman–Crippen MR) is 323 cm³/mol. The van der Waals surface area contributed by atoms with Crippen LogP contribution in [0, 0.1) is 0 Å². The number of rotatable bonds is 52. The van der Waals surface area contributed by atoms with Crippen LogP contribution in [0.1, 0.15) is 226 Å². The zero-order valence-corrected chi connectivity index (χ0v) is 49.6. The summed E-state index contributed by atoms with van der Waals surface area (Å²) in [6.07, 6.45) is 74.8. The van der Waals surface area contributed by atoms with Crippen molar-refractivity contribution in [2.24, 2.45) is 0 Å². The van der Waals surface area contributed by atoms with E-state index in [0.29, 0.717) is 23.9 Å². The second-order valence-electron chi connectivity index (χ2n) is 20.9. The Morgan fingerprint density at radius 1 is 0.493 bits per heavy atom. The SMILES string of the molecule is CC\C=C/C=C/C=C/C=C\C=C\C=C\CCCCCC(=O)OC(/C=C\CCCCCCCCCCC)C(COP(=O)(O)OCC[N+](C)(C)C)NC(=O)CCCCCCCCCC/C=C\C/C=C\C/C=C\CCCCC. The second kappa shape index (κ2) is 53.8. The van der Waals surface area contributed by atoms with Crippen LogP contribution in [-0.2, 0) is 27.9 Å². The summed E-state index contributed by atoms with van der Waals surface area (Å²) >= 11 is 0. The van der Waals surface area contributed by atoms with Crippen molar-refractivity contribution in [3.8, 4) is 0 Å². The highest BCUT2D eigenvalue weighted by atomic mass is 31.2. The van der Waals surface area contributed by atoms with Crippen LogP contribution in [0.15, 0.2) is 122 Å². The number of hydrogen-bond donors (Lipinski definition) is 2. The third-order valence-electron chi connectivity index (χ3n) is 12.5. The minimum Gasteiger partial charge on any atom is -0.456 e. The molecule has 0 saturated heterocycles. The molecule has 0 aliphatic carbocycles. The summed E-state index contributed by atoms with van der Waals surface area (Å²) in [4.78, 5) is 37.6. The largest absolute Gasteiger partial charge is 0.472 e. The quantitative estimate of drug-likeness (QED) is 0.0156. The first-order chi connectivity index (χ1) is 36.4. The molecule has 3 atom stereocenters. The summed E-state index contributed by atoms with van der Waals surface area (Å²) in [7, 11) is 1.44. The lowest BCUT2D eigenvalue weighted by Gasteiger charge is -2.27. The average molecular weight is 1060 g/mol. The molecule has 0 aromatic heterocycles. The molecule has 0 aromatic carbocycles. The van der Waals surface area contributed by atoms with Gasteiger partial charge in [0.15, 0.2) is 0 Å². The molecule has 0 radical (unpaired) electrons. The van der Waals surface area contributed by atoms with Gasteiger partial charge >= 0.3 is 13.8 Å². The third-order valence-corrected chi connectivity index (χ3v) is 13.5. The number of carbonyl (C=O) groups excluding carboxylic acids is 2. The van der Waals surface area contributed by atoms with Crippen molar-refractivity contribution in [1.29, 1.82) is 0 Å². The molecule has 0 rings (SSSR count). The number of amides is 1. The topological polar surface area (TPSA) is 111 Å². The maximum Gasteiger partial charge on any atom is 0.472 e. The molecule has 0 saturated carbocycles. The van der Waals surface area contributed by atoms with Gasteiger partial charge in [0, 0.05) is 12.8 Å². The van der Waals surface area contributed by atoms with Gasteiger partial charge in [0.25, 0.3) is 0 Å². The third kappa shape index (κ3) is 55.0. The first-order valence-corrected chi connectivity index (χ1v) is 31.4. The van der Waals surface area contributed by atoms with Crippen molar-refractivity contribution in [2.45, 2.75) is 238 Å². The monoisotopic (exact) mass is 1060 g/mol. The summed E-state index contributed by atoms with van der Waals surface area (Å²) in [5.74, 6) is -0.574. The number of phosphoric ester groups is 1. The summed E-state index contributed by atoms with van der Waals surface area (Å²) < 4.78 is 30.6. The van der Waals surface area contributed by atoms with Gasteiger partial charge in [-0.3, -0.25) is 18.6 Å². The molecule has 0 spiro atoms. The van der Waals surface area contributed by atoms with Gasteiger partial charge in [-0.05, 0) is 89.5 Å². The van der Waals surface area contributed by atoms with E-state index < -0.39 is 20.0 Å². The predicted octanol–water partition coefficient (Wildman–Crippen LogP) is 18.3. The number of carbonyl (C=O) groups is 2. The lowest BCUT2D eigenvalue weighted by atomic mass is 10.0. The molecule has 0 bridgehead atoms. The zero-order chi connectivity index (χ0) is 55.0. The van der Waals surface area contributed by atoms with Gasteiger partial charge in [0.2, 0.25) is 5.91 Å². The Labute approximate surface area is 461 Å². The fraction of sp³-hybridized carbons (Fsp3) is 0.662. The molecule has 0 heterocycles. The van der Waals surface area contributed by atoms with Crippen molar-refractivity contribution in [2.75, 3.05) is 40.9 Å². The van der Waals surface area contributed by atoms with E-state index in [0.717, 1.165) is 89.9 Å². The zero-order valence-electron chi connectivity index (χ0n) is 48.7. The van der Waals surface area contributed by atoms with Crippen molar-refractivity contribution in [3.05, 3.63) is 122 Å². The maximum atomic E-state index is 13.5. The number of quaternary nitrogens is 1. The minimum absolute atomic E-state index is 0.0241. The van der Waals surface area contributed by atoms with Crippen LogP contribution in [0.25, 0.3) is 0 Å². The maximum absolute atomic E-state index is 13.5. The fourth-order valence-electron chi connectivity index (χ4n) is 7.92.